The van der Waals surface area contributed by atoms with Crippen LogP contribution in [0.1, 0.15) is 15.9 Å². The van der Waals surface area contributed by atoms with E-state index < -0.39 is 5.97 Å². The number of nitrogens with zero attached hydrogens (tertiary/aromatic N) is 2. The first-order valence-corrected chi connectivity index (χ1v) is 9.44. The molecule has 7 heteroatoms. The number of benzene rings is 2. The Morgan fingerprint density at radius 3 is 2.52 bits per heavy atom. The number of amidine groups is 1. The normalized spacial score (nSPS) is 16.2. The van der Waals surface area contributed by atoms with Crippen LogP contribution in [0.15, 0.2) is 58.4 Å². The maximum atomic E-state index is 12.5. The van der Waals surface area contributed by atoms with Crippen LogP contribution in [-0.2, 0) is 9.53 Å². The lowest BCUT2D eigenvalue weighted by Gasteiger charge is -2.07. The van der Waals surface area contributed by atoms with Crippen molar-refractivity contribution in [3.63, 3.8) is 0 Å². The van der Waals surface area contributed by atoms with Gasteiger partial charge in [0.05, 0.1) is 23.3 Å². The minimum absolute atomic E-state index is 0.132. The van der Waals surface area contributed by atoms with E-state index in [4.69, 9.17) is 11.2 Å². The van der Waals surface area contributed by atoms with Gasteiger partial charge in [0.15, 0.2) is 5.17 Å². The zero-order chi connectivity index (χ0) is 20.8. The number of rotatable bonds is 5. The van der Waals surface area contributed by atoms with Gasteiger partial charge in [-0.3, -0.25) is 9.69 Å². The molecule has 1 fully saturated rings. The molecule has 0 atom stereocenters. The van der Waals surface area contributed by atoms with Gasteiger partial charge in [-0.25, -0.2) is 9.79 Å². The Kier molecular flexibility index (Phi) is 6.37. The van der Waals surface area contributed by atoms with Crippen molar-refractivity contribution in [1.29, 1.82) is 0 Å². The number of methoxy groups -OCH3 is 1. The quantitative estimate of drug-likeness (QED) is 0.430. The summed E-state index contributed by atoms with van der Waals surface area (Å²) < 4.78 is 10.0. The van der Waals surface area contributed by atoms with E-state index in [1.807, 2.05) is 12.1 Å². The molecule has 6 nitrogen and oxygen atoms in total. The van der Waals surface area contributed by atoms with E-state index in [-0.39, 0.29) is 12.5 Å². The van der Waals surface area contributed by atoms with Crippen LogP contribution in [0, 0.1) is 12.3 Å². The molecule has 1 saturated heterocycles. The number of ether oxygens (including phenoxy) is 2. The number of terminal acetylenes is 1. The standard InChI is InChI=1S/C22H18N2O4S/c1-4-13-28-18-11-5-15(6-12-18)14-19-20(25)24(2)22(29-19)23-17-9-7-16(8-10-17)21(26)27-3/h1,5-12,14H,13H2,2-3H3. The third-order valence-electron chi connectivity index (χ3n) is 4.02. The molecule has 1 heterocycles. The maximum absolute atomic E-state index is 12.5. The Bertz CT molecular complexity index is 1020. The van der Waals surface area contributed by atoms with Crippen molar-refractivity contribution < 1.29 is 19.1 Å². The Morgan fingerprint density at radius 1 is 1.21 bits per heavy atom. The molecule has 0 spiro atoms. The summed E-state index contributed by atoms with van der Waals surface area (Å²) in [5, 5.41) is 0.557. The summed E-state index contributed by atoms with van der Waals surface area (Å²) in [5.41, 5.74) is 1.94. The average molecular weight is 406 g/mol. The van der Waals surface area contributed by atoms with Crippen molar-refractivity contribution in [2.75, 3.05) is 20.8 Å². The highest BCUT2D eigenvalue weighted by atomic mass is 32.2. The second-order valence-corrected chi connectivity index (χ2v) is 6.98. The Morgan fingerprint density at radius 2 is 1.90 bits per heavy atom. The van der Waals surface area contributed by atoms with Crippen molar-refractivity contribution in [3.05, 3.63) is 64.6 Å². The van der Waals surface area contributed by atoms with Gasteiger partial charge in [0.1, 0.15) is 12.4 Å². The van der Waals surface area contributed by atoms with Gasteiger partial charge >= 0.3 is 5.97 Å². The van der Waals surface area contributed by atoms with Crippen LogP contribution in [0.3, 0.4) is 0 Å². The third kappa shape index (κ3) is 4.86. The van der Waals surface area contributed by atoms with Crippen molar-refractivity contribution in [1.82, 2.24) is 4.90 Å². The van der Waals surface area contributed by atoms with Gasteiger partial charge in [0, 0.05) is 7.05 Å². The van der Waals surface area contributed by atoms with Crippen molar-refractivity contribution in [3.8, 4) is 18.1 Å². The smallest absolute Gasteiger partial charge is 0.337 e. The molecule has 0 saturated carbocycles. The molecule has 0 radical (unpaired) electrons. The first-order chi connectivity index (χ1) is 14.0. The van der Waals surface area contributed by atoms with E-state index in [0.717, 1.165) is 5.56 Å². The molecule has 3 rings (SSSR count). The van der Waals surface area contributed by atoms with Crippen LogP contribution >= 0.6 is 11.8 Å². The van der Waals surface area contributed by atoms with E-state index in [2.05, 4.69) is 15.6 Å². The Hall–Kier alpha value is -3.50. The van der Waals surface area contributed by atoms with Crippen LogP contribution in [0.25, 0.3) is 6.08 Å². The number of esters is 1. The fraction of sp³-hybridized carbons (Fsp3) is 0.136. The zero-order valence-electron chi connectivity index (χ0n) is 15.9. The summed E-state index contributed by atoms with van der Waals surface area (Å²) in [4.78, 5) is 30.6. The number of aliphatic imine (C=N–C) groups is 1. The molecule has 2 aromatic carbocycles. The van der Waals surface area contributed by atoms with E-state index in [0.29, 0.717) is 27.1 Å². The number of thioether (sulfide) groups is 1. The van der Waals surface area contributed by atoms with Crippen LogP contribution in [0.2, 0.25) is 0 Å². The van der Waals surface area contributed by atoms with Gasteiger partial charge in [-0.1, -0.05) is 18.1 Å². The third-order valence-corrected chi connectivity index (χ3v) is 5.08. The summed E-state index contributed by atoms with van der Waals surface area (Å²) in [6, 6.07) is 14.0. The minimum atomic E-state index is -0.410. The van der Waals surface area contributed by atoms with E-state index in [1.165, 1.54) is 23.8 Å². The van der Waals surface area contributed by atoms with E-state index in [9.17, 15) is 9.59 Å². The summed E-state index contributed by atoms with van der Waals surface area (Å²) in [6.07, 6.45) is 6.98. The van der Waals surface area contributed by atoms with Crippen LogP contribution < -0.4 is 4.74 Å². The molecular weight excluding hydrogens is 388 g/mol. The number of hydrogen-bond acceptors (Lipinski definition) is 6. The largest absolute Gasteiger partial charge is 0.481 e. The highest BCUT2D eigenvalue weighted by Crippen LogP contribution is 2.33. The summed E-state index contributed by atoms with van der Waals surface area (Å²) >= 11 is 1.29. The number of likely N-dealkylation sites (N-methyl/N-ethyl adjacent to an activating group) is 1. The molecule has 0 aliphatic carbocycles. The van der Waals surface area contributed by atoms with Gasteiger partial charge in [-0.2, -0.15) is 0 Å². The fourth-order valence-electron chi connectivity index (χ4n) is 2.49. The molecule has 0 bridgehead atoms. The van der Waals surface area contributed by atoms with Gasteiger partial charge in [0.2, 0.25) is 0 Å². The first kappa shape index (κ1) is 20.2. The number of carbonyl (C=O) groups is 2. The molecule has 1 aliphatic rings. The van der Waals surface area contributed by atoms with Gasteiger partial charge in [0.25, 0.3) is 5.91 Å². The molecule has 1 amide bonds. The highest BCUT2D eigenvalue weighted by molar-refractivity contribution is 8.18. The Balaban J connectivity index is 1.76. The predicted octanol–water partition coefficient (Wildman–Crippen LogP) is 3.72. The summed E-state index contributed by atoms with van der Waals surface area (Å²) in [5.74, 6) is 2.54. The van der Waals surface area contributed by atoms with Gasteiger partial charge in [-0.05, 0) is 59.8 Å². The second-order valence-electron chi connectivity index (χ2n) is 5.97. The first-order valence-electron chi connectivity index (χ1n) is 8.63. The Labute approximate surface area is 173 Å². The predicted molar refractivity (Wildman–Crippen MR) is 114 cm³/mol. The van der Waals surface area contributed by atoms with Gasteiger partial charge < -0.3 is 9.47 Å². The molecule has 29 heavy (non-hydrogen) atoms. The minimum Gasteiger partial charge on any atom is -0.481 e. The number of amides is 1. The molecule has 2 aromatic rings. The molecule has 1 aliphatic heterocycles. The SMILES string of the molecule is C#CCOc1ccc(C=C2SC(=Nc3ccc(C(=O)OC)cc3)N(C)C2=O)cc1. The van der Waals surface area contributed by atoms with Crippen molar-refractivity contribution in [2.24, 2.45) is 4.99 Å². The number of hydrogen-bond donors (Lipinski definition) is 0. The molecular formula is C22H18N2O4S. The molecule has 146 valence electrons. The molecule has 0 N–H and O–H groups in total. The highest BCUT2D eigenvalue weighted by Gasteiger charge is 2.30. The van der Waals surface area contributed by atoms with Crippen molar-refractivity contribution in [2.45, 2.75) is 0 Å². The monoisotopic (exact) mass is 406 g/mol. The lowest BCUT2D eigenvalue weighted by atomic mass is 10.2. The topological polar surface area (TPSA) is 68.2 Å². The van der Waals surface area contributed by atoms with E-state index in [1.54, 1.807) is 49.5 Å². The molecule has 0 aromatic heterocycles. The maximum Gasteiger partial charge on any atom is 0.337 e. The zero-order valence-corrected chi connectivity index (χ0v) is 16.7. The average Bonchev–Trinajstić information content (AvgIpc) is 3.01. The van der Waals surface area contributed by atoms with Crippen LogP contribution in [0.5, 0.6) is 5.75 Å². The molecule has 0 unspecified atom stereocenters. The van der Waals surface area contributed by atoms with Crippen molar-refractivity contribution >= 4 is 40.6 Å². The van der Waals surface area contributed by atoms with E-state index >= 15 is 0 Å². The number of carbonyl (C=O) groups excluding carboxylic acids is 2. The van der Waals surface area contributed by atoms with Crippen LogP contribution in [0.4, 0.5) is 5.69 Å². The van der Waals surface area contributed by atoms with Crippen LogP contribution in [-0.4, -0.2) is 42.7 Å². The lowest BCUT2D eigenvalue weighted by molar-refractivity contribution is -0.121. The second kappa shape index (κ2) is 9.13. The lowest BCUT2D eigenvalue weighted by Crippen LogP contribution is -2.23. The fourth-order valence-corrected chi connectivity index (χ4v) is 3.48. The summed E-state index contributed by atoms with van der Waals surface area (Å²) in [7, 11) is 3.01. The van der Waals surface area contributed by atoms with Gasteiger partial charge in [-0.15, -0.1) is 6.42 Å². The summed E-state index contributed by atoms with van der Waals surface area (Å²) in [6.45, 7) is 0.208.